The molecule has 0 fully saturated rings. The molecule has 0 atom stereocenters. The summed E-state index contributed by atoms with van der Waals surface area (Å²) in [5.41, 5.74) is 3.36. The molecule has 0 aliphatic carbocycles. The van der Waals surface area contributed by atoms with Gasteiger partial charge >= 0.3 is 6.03 Å². The zero-order valence-electron chi connectivity index (χ0n) is 14.5. The van der Waals surface area contributed by atoms with E-state index in [4.69, 9.17) is 4.74 Å². The highest BCUT2D eigenvalue weighted by atomic mass is 16.5. The Morgan fingerprint density at radius 3 is 2.96 bits per heavy atom. The number of carbonyl (C=O) groups excluding carboxylic acids is 1. The van der Waals surface area contributed by atoms with Crippen molar-refractivity contribution in [1.29, 1.82) is 0 Å². The molecule has 2 amide bonds. The van der Waals surface area contributed by atoms with Crippen LogP contribution in [0.2, 0.25) is 0 Å². The predicted octanol–water partition coefficient (Wildman–Crippen LogP) is 1.79. The lowest BCUT2D eigenvalue weighted by atomic mass is 10.1. The van der Waals surface area contributed by atoms with Gasteiger partial charge in [-0.15, -0.1) is 0 Å². The molecule has 0 spiro atoms. The van der Waals surface area contributed by atoms with Crippen molar-refractivity contribution >= 4 is 11.7 Å². The molecule has 1 N–H and O–H groups in total. The highest BCUT2D eigenvalue weighted by Gasteiger charge is 2.23. The largest absolute Gasteiger partial charge is 0.383 e. The fourth-order valence-electron chi connectivity index (χ4n) is 2.88. The molecule has 2 heterocycles. The third kappa shape index (κ3) is 4.06. The molecular weight excluding hydrogens is 320 g/mol. The Kier molecular flexibility index (Phi) is 5.14. The SMILES string of the molecule is COCCn1nc2c(cc1=O)CN(C(=O)Nc1cccc(C)c1)CC2. The van der Waals surface area contributed by atoms with Gasteiger partial charge in [0, 0.05) is 43.9 Å². The van der Waals surface area contributed by atoms with E-state index in [1.54, 1.807) is 18.1 Å². The summed E-state index contributed by atoms with van der Waals surface area (Å²) in [6.07, 6.45) is 0.629. The quantitative estimate of drug-likeness (QED) is 0.919. The monoisotopic (exact) mass is 342 g/mol. The summed E-state index contributed by atoms with van der Waals surface area (Å²) in [5.74, 6) is 0. The molecule has 3 rings (SSSR count). The normalized spacial score (nSPS) is 13.4. The third-order valence-corrected chi connectivity index (χ3v) is 4.21. The van der Waals surface area contributed by atoms with Crippen LogP contribution in [0.5, 0.6) is 0 Å². The summed E-state index contributed by atoms with van der Waals surface area (Å²) >= 11 is 0. The number of urea groups is 1. The summed E-state index contributed by atoms with van der Waals surface area (Å²) in [6, 6.07) is 9.07. The third-order valence-electron chi connectivity index (χ3n) is 4.21. The van der Waals surface area contributed by atoms with Crippen molar-refractivity contribution in [2.24, 2.45) is 0 Å². The second-order valence-electron chi connectivity index (χ2n) is 6.14. The molecule has 7 heteroatoms. The minimum absolute atomic E-state index is 0.167. The number of amides is 2. The Morgan fingerprint density at radius 1 is 1.36 bits per heavy atom. The molecule has 132 valence electrons. The Labute approximate surface area is 146 Å². The highest BCUT2D eigenvalue weighted by Crippen LogP contribution is 2.17. The molecule has 1 aromatic carbocycles. The van der Waals surface area contributed by atoms with Crippen molar-refractivity contribution < 1.29 is 9.53 Å². The maximum Gasteiger partial charge on any atom is 0.322 e. The van der Waals surface area contributed by atoms with Gasteiger partial charge in [-0.2, -0.15) is 5.10 Å². The molecular formula is C18H22N4O3. The first-order valence-corrected chi connectivity index (χ1v) is 8.28. The molecule has 1 aromatic heterocycles. The number of benzene rings is 1. The number of aromatic nitrogens is 2. The molecule has 0 saturated carbocycles. The molecule has 0 bridgehead atoms. The number of anilines is 1. The van der Waals surface area contributed by atoms with Crippen molar-refractivity contribution in [1.82, 2.24) is 14.7 Å². The van der Waals surface area contributed by atoms with Crippen LogP contribution in [-0.2, 0) is 24.2 Å². The summed E-state index contributed by atoms with van der Waals surface area (Å²) < 4.78 is 6.42. The summed E-state index contributed by atoms with van der Waals surface area (Å²) in [7, 11) is 1.59. The van der Waals surface area contributed by atoms with Gasteiger partial charge in [-0.25, -0.2) is 9.48 Å². The number of carbonyl (C=O) groups is 1. The van der Waals surface area contributed by atoms with E-state index in [1.807, 2.05) is 31.2 Å². The van der Waals surface area contributed by atoms with Crippen molar-refractivity contribution in [3.8, 4) is 0 Å². The maximum atomic E-state index is 12.5. The summed E-state index contributed by atoms with van der Waals surface area (Å²) in [4.78, 5) is 26.3. The van der Waals surface area contributed by atoms with Gasteiger partial charge in [0.25, 0.3) is 5.56 Å². The first kappa shape index (κ1) is 17.2. The van der Waals surface area contributed by atoms with E-state index in [1.165, 1.54) is 4.68 Å². The van der Waals surface area contributed by atoms with Gasteiger partial charge in [0.05, 0.1) is 18.8 Å². The van der Waals surface area contributed by atoms with Gasteiger partial charge in [-0.05, 0) is 24.6 Å². The van der Waals surface area contributed by atoms with Crippen LogP contribution in [0.1, 0.15) is 16.8 Å². The number of rotatable bonds is 4. The Morgan fingerprint density at radius 2 is 2.20 bits per heavy atom. The minimum atomic E-state index is -0.170. The van der Waals surface area contributed by atoms with Gasteiger partial charge in [-0.1, -0.05) is 12.1 Å². The molecule has 0 saturated heterocycles. The summed E-state index contributed by atoms with van der Waals surface area (Å²) in [6.45, 7) is 3.81. The van der Waals surface area contributed by atoms with Crippen molar-refractivity contribution in [3.05, 3.63) is 57.5 Å². The van der Waals surface area contributed by atoms with Crippen LogP contribution < -0.4 is 10.9 Å². The zero-order valence-corrected chi connectivity index (χ0v) is 14.5. The zero-order chi connectivity index (χ0) is 17.8. The molecule has 7 nitrogen and oxygen atoms in total. The van der Waals surface area contributed by atoms with Crippen LogP contribution in [0.3, 0.4) is 0 Å². The van der Waals surface area contributed by atoms with Gasteiger partial charge in [0.1, 0.15) is 0 Å². The van der Waals surface area contributed by atoms with Crippen molar-refractivity contribution in [2.45, 2.75) is 26.4 Å². The van der Waals surface area contributed by atoms with Crippen LogP contribution in [0, 0.1) is 6.92 Å². The highest BCUT2D eigenvalue weighted by molar-refractivity contribution is 5.89. The van der Waals surface area contributed by atoms with Crippen LogP contribution in [0.15, 0.2) is 35.1 Å². The number of hydrogen-bond donors (Lipinski definition) is 1. The van der Waals surface area contributed by atoms with Gasteiger partial charge < -0.3 is 15.0 Å². The van der Waals surface area contributed by atoms with Gasteiger partial charge in [0.2, 0.25) is 0 Å². The molecule has 2 aromatic rings. The first-order chi connectivity index (χ1) is 12.1. The number of methoxy groups -OCH3 is 1. The number of fused-ring (bicyclic) bond motifs is 1. The fourth-order valence-corrected chi connectivity index (χ4v) is 2.88. The number of nitrogens with one attached hydrogen (secondary N) is 1. The number of ether oxygens (including phenoxy) is 1. The Bertz CT molecular complexity index is 831. The number of nitrogens with zero attached hydrogens (tertiary/aromatic N) is 3. The maximum absolute atomic E-state index is 12.5. The van der Waals surface area contributed by atoms with Crippen LogP contribution in [0.25, 0.3) is 0 Å². The topological polar surface area (TPSA) is 76.5 Å². The van der Waals surface area contributed by atoms with E-state index < -0.39 is 0 Å². The molecule has 1 aliphatic rings. The predicted molar refractivity (Wildman–Crippen MR) is 94.7 cm³/mol. The second kappa shape index (κ2) is 7.48. The lowest BCUT2D eigenvalue weighted by molar-refractivity contribution is 0.180. The van der Waals surface area contributed by atoms with E-state index >= 15 is 0 Å². The van der Waals surface area contributed by atoms with Crippen molar-refractivity contribution in [3.63, 3.8) is 0 Å². The lowest BCUT2D eigenvalue weighted by Crippen LogP contribution is -2.40. The smallest absolute Gasteiger partial charge is 0.322 e. The number of aryl methyl sites for hydroxylation is 1. The van der Waals surface area contributed by atoms with E-state index in [9.17, 15) is 9.59 Å². The molecule has 25 heavy (non-hydrogen) atoms. The average molecular weight is 342 g/mol. The number of hydrogen-bond acceptors (Lipinski definition) is 4. The standard InChI is InChI=1S/C18H22N4O3/c1-13-4-3-5-15(10-13)19-18(24)21-7-6-16-14(12-21)11-17(23)22(20-16)8-9-25-2/h3-5,10-11H,6-9,12H2,1-2H3,(H,19,24). The Balaban J connectivity index is 1.71. The fraction of sp³-hybridized carbons (Fsp3) is 0.389. The Hall–Kier alpha value is -2.67. The van der Waals surface area contributed by atoms with E-state index in [2.05, 4.69) is 10.4 Å². The van der Waals surface area contributed by atoms with E-state index in [0.29, 0.717) is 32.7 Å². The molecule has 1 aliphatic heterocycles. The van der Waals surface area contributed by atoms with Crippen LogP contribution in [-0.4, -0.2) is 41.0 Å². The van der Waals surface area contributed by atoms with Crippen LogP contribution in [0.4, 0.5) is 10.5 Å². The van der Waals surface area contributed by atoms with Crippen molar-refractivity contribution in [2.75, 3.05) is 25.6 Å². The second-order valence-corrected chi connectivity index (χ2v) is 6.14. The van der Waals surface area contributed by atoms with Crippen LogP contribution >= 0.6 is 0 Å². The summed E-state index contributed by atoms with van der Waals surface area (Å²) in [5, 5.41) is 7.31. The lowest BCUT2D eigenvalue weighted by Gasteiger charge is -2.28. The van der Waals surface area contributed by atoms with E-state index in [0.717, 1.165) is 22.5 Å². The van der Waals surface area contributed by atoms with Gasteiger partial charge in [-0.3, -0.25) is 4.79 Å². The molecule has 0 unspecified atom stereocenters. The van der Waals surface area contributed by atoms with Gasteiger partial charge in [0.15, 0.2) is 0 Å². The first-order valence-electron chi connectivity index (χ1n) is 8.28. The molecule has 0 radical (unpaired) electrons. The average Bonchev–Trinajstić information content (AvgIpc) is 2.59. The minimum Gasteiger partial charge on any atom is -0.383 e. The van der Waals surface area contributed by atoms with E-state index in [-0.39, 0.29) is 11.6 Å².